The Kier molecular flexibility index (Phi) is 7.43. The molecule has 2 rings (SSSR count). The fourth-order valence-corrected chi connectivity index (χ4v) is 2.76. The zero-order valence-corrected chi connectivity index (χ0v) is 15.5. The van der Waals surface area contributed by atoms with Gasteiger partial charge in [-0.15, -0.1) is 0 Å². The molecule has 0 radical (unpaired) electrons. The summed E-state index contributed by atoms with van der Waals surface area (Å²) in [5, 5.41) is 9.09. The number of nitrogens with one attached hydrogen (secondary N) is 2. The third-order valence-corrected chi connectivity index (χ3v) is 4.12. The number of rotatable bonds is 8. The maximum absolute atomic E-state index is 11.9. The van der Waals surface area contributed by atoms with Gasteiger partial charge in [0.05, 0.1) is 19.2 Å². The minimum absolute atomic E-state index is 0.0381. The van der Waals surface area contributed by atoms with Gasteiger partial charge in [0.25, 0.3) is 11.8 Å². The van der Waals surface area contributed by atoms with Gasteiger partial charge in [-0.25, -0.2) is 0 Å². The molecule has 0 aliphatic rings. The predicted molar refractivity (Wildman–Crippen MR) is 98.9 cm³/mol. The lowest BCUT2D eigenvalue weighted by molar-refractivity contribution is -0.147. The van der Waals surface area contributed by atoms with Crippen LogP contribution in [0.1, 0.15) is 16.8 Å². The van der Waals surface area contributed by atoms with Crippen molar-refractivity contribution >= 4 is 46.4 Å². The van der Waals surface area contributed by atoms with Crippen molar-refractivity contribution in [2.75, 3.05) is 25.6 Å². The average Bonchev–Trinajstić information content (AvgIpc) is 3.15. The number of methoxy groups -OCH3 is 1. The van der Waals surface area contributed by atoms with Gasteiger partial charge in [-0.1, -0.05) is 11.6 Å². The largest absolute Gasteiger partial charge is 0.495 e. The van der Waals surface area contributed by atoms with Gasteiger partial charge >= 0.3 is 5.97 Å². The molecular weight excluding hydrogens is 380 g/mol. The summed E-state index contributed by atoms with van der Waals surface area (Å²) in [4.78, 5) is 35.2. The lowest BCUT2D eigenvalue weighted by atomic mass is 10.3. The molecule has 0 fully saturated rings. The number of esters is 1. The fraction of sp³-hybridized carbons (Fsp3) is 0.235. The van der Waals surface area contributed by atoms with Crippen molar-refractivity contribution in [3.8, 4) is 5.75 Å². The van der Waals surface area contributed by atoms with Crippen molar-refractivity contribution in [2.45, 2.75) is 6.42 Å². The molecule has 0 aliphatic heterocycles. The van der Waals surface area contributed by atoms with Gasteiger partial charge in [-0.05, 0) is 29.6 Å². The molecule has 0 unspecified atom stereocenters. The summed E-state index contributed by atoms with van der Waals surface area (Å²) in [5.41, 5.74) is 0.919. The van der Waals surface area contributed by atoms with Crippen LogP contribution in [0.5, 0.6) is 5.75 Å². The number of hydrogen-bond acceptors (Lipinski definition) is 6. The first-order chi connectivity index (χ1) is 12.5. The molecule has 2 N–H and O–H groups in total. The molecular formula is C17H17ClN2O5S. The molecule has 2 amide bonds. The molecule has 26 heavy (non-hydrogen) atoms. The van der Waals surface area contributed by atoms with E-state index >= 15 is 0 Å². The van der Waals surface area contributed by atoms with Gasteiger partial charge in [0, 0.05) is 22.5 Å². The predicted octanol–water partition coefficient (Wildman–Crippen LogP) is 2.71. The van der Waals surface area contributed by atoms with Crippen molar-refractivity contribution in [3.05, 3.63) is 45.6 Å². The van der Waals surface area contributed by atoms with E-state index in [0.717, 1.165) is 0 Å². The maximum atomic E-state index is 11.9. The van der Waals surface area contributed by atoms with Crippen LogP contribution in [0.15, 0.2) is 35.0 Å². The smallest absolute Gasteiger partial charge is 0.308 e. The van der Waals surface area contributed by atoms with Crippen LogP contribution in [0.2, 0.25) is 5.02 Å². The van der Waals surface area contributed by atoms with Gasteiger partial charge in [-0.3, -0.25) is 14.4 Å². The molecule has 9 heteroatoms. The van der Waals surface area contributed by atoms with Gasteiger partial charge in [0.2, 0.25) is 0 Å². The molecule has 1 aromatic heterocycles. The molecule has 0 saturated carbocycles. The molecule has 2 aromatic rings. The lowest BCUT2D eigenvalue weighted by Crippen LogP contribution is -2.27. The Balaban J connectivity index is 1.71. The number of thiophene rings is 1. The van der Waals surface area contributed by atoms with Crippen molar-refractivity contribution in [1.82, 2.24) is 5.32 Å². The summed E-state index contributed by atoms with van der Waals surface area (Å²) in [6, 6.07) is 6.45. The number of carbonyl (C=O) groups is 3. The maximum Gasteiger partial charge on any atom is 0.308 e. The Morgan fingerprint density at radius 1 is 1.23 bits per heavy atom. The van der Waals surface area contributed by atoms with Crippen LogP contribution in [-0.2, 0) is 14.3 Å². The summed E-state index contributed by atoms with van der Waals surface area (Å²) < 4.78 is 9.99. The highest BCUT2D eigenvalue weighted by molar-refractivity contribution is 7.08. The average molecular weight is 397 g/mol. The highest BCUT2D eigenvalue weighted by Gasteiger charge is 2.12. The summed E-state index contributed by atoms with van der Waals surface area (Å²) in [7, 11) is 1.46. The monoisotopic (exact) mass is 396 g/mol. The Hall–Kier alpha value is -2.58. The lowest BCUT2D eigenvalue weighted by Gasteiger charge is -2.11. The van der Waals surface area contributed by atoms with Crippen LogP contribution in [0.3, 0.4) is 0 Å². The van der Waals surface area contributed by atoms with E-state index in [1.807, 2.05) is 0 Å². The van der Waals surface area contributed by atoms with Crippen LogP contribution >= 0.6 is 22.9 Å². The number of hydrogen-bond donors (Lipinski definition) is 2. The first-order valence-electron chi connectivity index (χ1n) is 7.59. The summed E-state index contributed by atoms with van der Waals surface area (Å²) in [6.07, 6.45) is -0.0381. The van der Waals surface area contributed by atoms with Gasteiger partial charge < -0.3 is 20.1 Å². The standard InChI is InChI=1S/C17H17ClN2O5S/c1-24-14-3-2-12(18)8-13(14)20-15(21)9-25-16(22)4-6-19-17(23)11-5-7-26-10-11/h2-3,5,7-8,10H,4,6,9H2,1H3,(H,19,23)(H,20,21). The summed E-state index contributed by atoms with van der Waals surface area (Å²) in [6.45, 7) is -0.329. The first kappa shape index (κ1) is 19.7. The second kappa shape index (κ2) is 9.79. The van der Waals surface area contributed by atoms with Gasteiger partial charge in [-0.2, -0.15) is 11.3 Å². The molecule has 0 spiro atoms. The van der Waals surface area contributed by atoms with E-state index in [2.05, 4.69) is 10.6 Å². The molecule has 138 valence electrons. The Morgan fingerprint density at radius 2 is 2.04 bits per heavy atom. The molecule has 0 bridgehead atoms. The van der Waals surface area contributed by atoms with Crippen LogP contribution in [0.4, 0.5) is 5.69 Å². The summed E-state index contributed by atoms with van der Waals surface area (Å²) in [5.74, 6) is -0.944. The SMILES string of the molecule is COc1ccc(Cl)cc1NC(=O)COC(=O)CCNC(=O)c1ccsc1. The minimum Gasteiger partial charge on any atom is -0.495 e. The van der Waals surface area contributed by atoms with Crippen molar-refractivity contribution in [1.29, 1.82) is 0 Å². The van der Waals surface area contributed by atoms with Gasteiger partial charge in [0.1, 0.15) is 5.75 Å². The Morgan fingerprint density at radius 3 is 2.73 bits per heavy atom. The minimum atomic E-state index is -0.594. The molecule has 7 nitrogen and oxygen atoms in total. The van der Waals surface area contributed by atoms with Crippen LogP contribution in [-0.4, -0.2) is 38.0 Å². The van der Waals surface area contributed by atoms with Crippen LogP contribution in [0, 0.1) is 0 Å². The second-order valence-corrected chi connectivity index (χ2v) is 6.29. The molecule has 0 aliphatic carbocycles. The number of carbonyl (C=O) groups excluding carboxylic acids is 3. The van der Waals surface area contributed by atoms with E-state index in [1.54, 1.807) is 29.0 Å². The van der Waals surface area contributed by atoms with E-state index in [9.17, 15) is 14.4 Å². The number of ether oxygens (including phenoxy) is 2. The van der Waals surface area contributed by atoms with Crippen LogP contribution in [0.25, 0.3) is 0 Å². The van der Waals surface area contributed by atoms with Crippen molar-refractivity contribution < 1.29 is 23.9 Å². The zero-order valence-electron chi connectivity index (χ0n) is 13.9. The molecule has 0 saturated heterocycles. The van der Waals surface area contributed by atoms with Gasteiger partial charge in [0.15, 0.2) is 6.61 Å². The number of anilines is 1. The van der Waals surface area contributed by atoms with E-state index in [0.29, 0.717) is 22.0 Å². The number of halogens is 1. The second-order valence-electron chi connectivity index (χ2n) is 5.07. The topological polar surface area (TPSA) is 93.7 Å². The van der Waals surface area contributed by atoms with Crippen molar-refractivity contribution in [2.24, 2.45) is 0 Å². The molecule has 0 atom stereocenters. The van der Waals surface area contributed by atoms with Crippen molar-refractivity contribution in [3.63, 3.8) is 0 Å². The quantitative estimate of drug-likeness (QED) is 0.669. The Bertz CT molecular complexity index is 779. The molecule has 1 heterocycles. The highest BCUT2D eigenvalue weighted by atomic mass is 35.5. The normalized spacial score (nSPS) is 10.1. The fourth-order valence-electron chi connectivity index (χ4n) is 1.96. The van der Waals surface area contributed by atoms with E-state index < -0.39 is 18.5 Å². The van der Waals surface area contributed by atoms with E-state index in [-0.39, 0.29) is 18.9 Å². The first-order valence-corrected chi connectivity index (χ1v) is 8.91. The molecule has 1 aromatic carbocycles. The van der Waals surface area contributed by atoms with Crippen LogP contribution < -0.4 is 15.4 Å². The van der Waals surface area contributed by atoms with E-state index in [1.165, 1.54) is 24.5 Å². The van der Waals surface area contributed by atoms with E-state index in [4.69, 9.17) is 21.1 Å². The number of benzene rings is 1. The summed E-state index contributed by atoms with van der Waals surface area (Å²) >= 11 is 7.29. The highest BCUT2D eigenvalue weighted by Crippen LogP contribution is 2.27. The third kappa shape index (κ3) is 6.05. The zero-order chi connectivity index (χ0) is 18.9. The number of amides is 2. The Labute approximate surface area is 159 Å². The third-order valence-electron chi connectivity index (χ3n) is 3.20.